The summed E-state index contributed by atoms with van der Waals surface area (Å²) < 4.78 is 0. The minimum Gasteiger partial charge on any atom is -0.342 e. The molecular formula is C17H22Cl2N2O. The molecule has 1 aromatic rings. The van der Waals surface area contributed by atoms with Gasteiger partial charge in [-0.2, -0.15) is 0 Å². The second-order valence-corrected chi connectivity index (χ2v) is 7.23. The number of hydrogen-bond acceptors (Lipinski definition) is 2. The summed E-state index contributed by atoms with van der Waals surface area (Å²) in [6, 6.07) is 5.69. The molecule has 0 bridgehead atoms. The first-order valence-electron chi connectivity index (χ1n) is 7.99. The first-order valence-corrected chi connectivity index (χ1v) is 8.74. The molecule has 0 spiro atoms. The molecule has 1 N–H and O–H groups in total. The zero-order chi connectivity index (χ0) is 15.7. The number of likely N-dealkylation sites (tertiary alicyclic amines) is 1. The molecule has 2 aliphatic rings. The third kappa shape index (κ3) is 3.27. The fraction of sp³-hybridized carbons (Fsp3) is 0.588. The Hall–Kier alpha value is -0.770. The van der Waals surface area contributed by atoms with Crippen LogP contribution in [-0.2, 0) is 4.79 Å². The quantitative estimate of drug-likeness (QED) is 0.908. The molecule has 1 aliphatic carbocycles. The summed E-state index contributed by atoms with van der Waals surface area (Å²) in [5.74, 6) is 1.20. The number of hydrogen-bond donors (Lipinski definition) is 1. The van der Waals surface area contributed by atoms with Crippen molar-refractivity contribution in [1.82, 2.24) is 10.2 Å². The summed E-state index contributed by atoms with van der Waals surface area (Å²) in [7, 11) is 1.97. The minimum atomic E-state index is 0.0873. The van der Waals surface area contributed by atoms with Crippen LogP contribution in [0.15, 0.2) is 18.2 Å². The van der Waals surface area contributed by atoms with Crippen LogP contribution < -0.4 is 5.32 Å². The lowest BCUT2D eigenvalue weighted by Gasteiger charge is -2.33. The molecule has 5 heteroatoms. The highest BCUT2D eigenvalue weighted by Gasteiger charge is 2.47. The number of nitrogens with zero attached hydrogens (tertiary/aromatic N) is 1. The highest BCUT2D eigenvalue weighted by molar-refractivity contribution is 6.42. The summed E-state index contributed by atoms with van der Waals surface area (Å²) in [5.41, 5.74) is 1.02. The van der Waals surface area contributed by atoms with E-state index in [9.17, 15) is 4.79 Å². The molecule has 1 saturated carbocycles. The van der Waals surface area contributed by atoms with Gasteiger partial charge in [0.15, 0.2) is 0 Å². The minimum absolute atomic E-state index is 0.0873. The predicted molar refractivity (Wildman–Crippen MR) is 90.5 cm³/mol. The SMILES string of the molecule is CNC[C@@H]1CCCN(C(=O)[C@@H]2C[C@@H]2c2cccc(Cl)c2Cl)C1. The molecule has 3 rings (SSSR count). The van der Waals surface area contributed by atoms with E-state index in [1.165, 1.54) is 6.42 Å². The fourth-order valence-electron chi connectivity index (χ4n) is 3.57. The topological polar surface area (TPSA) is 32.3 Å². The monoisotopic (exact) mass is 340 g/mol. The smallest absolute Gasteiger partial charge is 0.226 e. The molecule has 2 fully saturated rings. The lowest BCUT2D eigenvalue weighted by atomic mass is 9.97. The zero-order valence-electron chi connectivity index (χ0n) is 12.8. The van der Waals surface area contributed by atoms with Gasteiger partial charge in [-0.05, 0) is 56.3 Å². The average molecular weight is 341 g/mol. The standard InChI is InChI=1S/C17H22Cl2N2O/c1-20-9-11-4-3-7-21(10-11)17(22)14-8-13(14)12-5-2-6-15(18)16(12)19/h2,5-6,11,13-14,20H,3-4,7-10H2,1H3/t11-,13+,14+/m0/s1. The number of halogens is 2. The molecule has 0 aromatic heterocycles. The van der Waals surface area contributed by atoms with Crippen molar-refractivity contribution >= 4 is 29.1 Å². The Labute approximate surface area is 142 Å². The van der Waals surface area contributed by atoms with Crippen LogP contribution in [0.1, 0.15) is 30.7 Å². The van der Waals surface area contributed by atoms with Crippen molar-refractivity contribution in [1.29, 1.82) is 0 Å². The highest BCUT2D eigenvalue weighted by atomic mass is 35.5. The summed E-state index contributed by atoms with van der Waals surface area (Å²) >= 11 is 12.4. The molecule has 1 aliphatic heterocycles. The molecule has 1 aromatic carbocycles. The van der Waals surface area contributed by atoms with E-state index in [0.717, 1.165) is 38.0 Å². The van der Waals surface area contributed by atoms with Crippen LogP contribution in [0.25, 0.3) is 0 Å². The van der Waals surface area contributed by atoms with E-state index < -0.39 is 0 Å². The number of carbonyl (C=O) groups excluding carboxylic acids is 1. The van der Waals surface area contributed by atoms with Crippen LogP contribution >= 0.6 is 23.2 Å². The van der Waals surface area contributed by atoms with E-state index in [2.05, 4.69) is 10.2 Å². The maximum Gasteiger partial charge on any atom is 0.226 e. The van der Waals surface area contributed by atoms with Crippen molar-refractivity contribution in [3.8, 4) is 0 Å². The Bertz CT molecular complexity index is 562. The molecule has 3 atom stereocenters. The van der Waals surface area contributed by atoms with E-state index in [0.29, 0.717) is 21.9 Å². The first-order chi connectivity index (χ1) is 10.6. The molecule has 1 saturated heterocycles. The Kier molecular flexibility index (Phi) is 4.96. The molecule has 0 radical (unpaired) electrons. The van der Waals surface area contributed by atoms with Crippen LogP contribution in [-0.4, -0.2) is 37.5 Å². The van der Waals surface area contributed by atoms with Gasteiger partial charge in [0.1, 0.15) is 0 Å². The Balaban J connectivity index is 1.64. The first kappa shape index (κ1) is 16.1. The maximum atomic E-state index is 12.7. The summed E-state index contributed by atoms with van der Waals surface area (Å²) in [6.45, 7) is 2.76. The summed E-state index contributed by atoms with van der Waals surface area (Å²) in [6.07, 6.45) is 3.21. The Morgan fingerprint density at radius 3 is 3.00 bits per heavy atom. The van der Waals surface area contributed by atoms with Crippen molar-refractivity contribution in [3.63, 3.8) is 0 Å². The summed E-state index contributed by atoms with van der Waals surface area (Å²) in [5, 5.41) is 4.40. The van der Waals surface area contributed by atoms with Crippen LogP contribution in [0, 0.1) is 11.8 Å². The van der Waals surface area contributed by atoms with Gasteiger partial charge in [-0.3, -0.25) is 4.79 Å². The van der Waals surface area contributed by atoms with Crippen LogP contribution in [0.4, 0.5) is 0 Å². The van der Waals surface area contributed by atoms with Crippen molar-refractivity contribution in [3.05, 3.63) is 33.8 Å². The van der Waals surface area contributed by atoms with Gasteiger partial charge in [-0.25, -0.2) is 0 Å². The number of nitrogens with one attached hydrogen (secondary N) is 1. The van der Waals surface area contributed by atoms with Gasteiger partial charge in [0.25, 0.3) is 0 Å². The highest BCUT2D eigenvalue weighted by Crippen LogP contribution is 2.51. The third-order valence-corrected chi connectivity index (χ3v) is 5.65. The van der Waals surface area contributed by atoms with Gasteiger partial charge in [-0.15, -0.1) is 0 Å². The molecular weight excluding hydrogens is 319 g/mol. The van der Waals surface area contributed by atoms with Gasteiger partial charge in [0.2, 0.25) is 5.91 Å². The fourth-order valence-corrected chi connectivity index (χ4v) is 4.02. The molecule has 3 nitrogen and oxygen atoms in total. The van der Waals surface area contributed by atoms with E-state index in [4.69, 9.17) is 23.2 Å². The molecule has 1 heterocycles. The van der Waals surface area contributed by atoms with Gasteiger partial charge in [0, 0.05) is 19.0 Å². The Morgan fingerprint density at radius 1 is 1.41 bits per heavy atom. The normalized spacial score (nSPS) is 27.8. The van der Waals surface area contributed by atoms with E-state index in [1.807, 2.05) is 19.2 Å². The van der Waals surface area contributed by atoms with Gasteiger partial charge in [-0.1, -0.05) is 35.3 Å². The van der Waals surface area contributed by atoms with Gasteiger partial charge >= 0.3 is 0 Å². The lowest BCUT2D eigenvalue weighted by molar-refractivity contribution is -0.134. The number of carbonyl (C=O) groups is 1. The van der Waals surface area contributed by atoms with E-state index in [1.54, 1.807) is 6.07 Å². The lowest BCUT2D eigenvalue weighted by Crippen LogP contribution is -2.43. The van der Waals surface area contributed by atoms with Crippen molar-refractivity contribution < 1.29 is 4.79 Å². The summed E-state index contributed by atoms with van der Waals surface area (Å²) in [4.78, 5) is 14.8. The van der Waals surface area contributed by atoms with E-state index >= 15 is 0 Å². The van der Waals surface area contributed by atoms with Crippen LogP contribution in [0.3, 0.4) is 0 Å². The molecule has 22 heavy (non-hydrogen) atoms. The van der Waals surface area contributed by atoms with Crippen molar-refractivity contribution in [2.24, 2.45) is 11.8 Å². The van der Waals surface area contributed by atoms with Crippen molar-refractivity contribution in [2.45, 2.75) is 25.2 Å². The zero-order valence-corrected chi connectivity index (χ0v) is 14.3. The van der Waals surface area contributed by atoms with Gasteiger partial charge in [0.05, 0.1) is 10.0 Å². The van der Waals surface area contributed by atoms with Gasteiger partial charge < -0.3 is 10.2 Å². The number of rotatable bonds is 4. The molecule has 0 unspecified atom stereocenters. The Morgan fingerprint density at radius 2 is 2.23 bits per heavy atom. The van der Waals surface area contributed by atoms with Crippen LogP contribution in [0.5, 0.6) is 0 Å². The number of benzene rings is 1. The molecule has 1 amide bonds. The average Bonchev–Trinajstić information content (AvgIpc) is 3.30. The maximum absolute atomic E-state index is 12.7. The predicted octanol–water partition coefficient (Wildman–Crippen LogP) is 3.55. The number of amides is 1. The second kappa shape index (κ2) is 6.77. The second-order valence-electron chi connectivity index (χ2n) is 6.44. The van der Waals surface area contributed by atoms with Crippen molar-refractivity contribution in [2.75, 3.05) is 26.7 Å². The third-order valence-electron chi connectivity index (χ3n) is 4.81. The number of piperidine rings is 1. The molecule has 120 valence electrons. The van der Waals surface area contributed by atoms with Crippen LogP contribution in [0.2, 0.25) is 10.0 Å². The largest absolute Gasteiger partial charge is 0.342 e. The van der Waals surface area contributed by atoms with E-state index in [-0.39, 0.29) is 11.8 Å².